The molecule has 6 nitrogen and oxygen atoms in total. The van der Waals surface area contributed by atoms with E-state index in [-0.39, 0.29) is 29.5 Å². The number of carbonyl (C=O) groups excluding carboxylic acids is 1. The average Bonchev–Trinajstić information content (AvgIpc) is 2.51. The molecule has 0 N–H and O–H groups in total. The molecule has 0 radical (unpaired) electrons. The summed E-state index contributed by atoms with van der Waals surface area (Å²) in [5.41, 5.74) is 1.68. The third-order valence-electron chi connectivity index (χ3n) is 4.98. The van der Waals surface area contributed by atoms with Gasteiger partial charge in [0.15, 0.2) is 8.32 Å². The molecule has 1 atom stereocenters. The van der Waals surface area contributed by atoms with Crippen LogP contribution in [-0.2, 0) is 20.6 Å². The van der Waals surface area contributed by atoms with Gasteiger partial charge >= 0.3 is 5.97 Å². The summed E-state index contributed by atoms with van der Waals surface area (Å²) in [6.07, 6.45) is -0.00801. The lowest BCUT2D eigenvalue weighted by molar-refractivity contribution is -0.483. The first-order valence-electron chi connectivity index (χ1n) is 8.97. The van der Waals surface area contributed by atoms with E-state index in [0.717, 1.165) is 11.1 Å². The van der Waals surface area contributed by atoms with E-state index in [1.165, 1.54) is 0 Å². The van der Waals surface area contributed by atoms with Crippen LogP contribution in [0.4, 0.5) is 0 Å². The fraction of sp³-hybridized carbons (Fsp3) is 0.632. The second-order valence-electron chi connectivity index (χ2n) is 7.97. The highest BCUT2D eigenvalue weighted by molar-refractivity contribution is 6.74. The minimum absolute atomic E-state index is 0.00801. The second kappa shape index (κ2) is 9.28. The summed E-state index contributed by atoms with van der Waals surface area (Å²) in [6.45, 7) is 12.9. The van der Waals surface area contributed by atoms with E-state index in [0.29, 0.717) is 6.61 Å². The van der Waals surface area contributed by atoms with Crippen molar-refractivity contribution in [2.75, 3.05) is 13.2 Å². The molecular weight excluding hydrogens is 350 g/mol. The van der Waals surface area contributed by atoms with Gasteiger partial charge in [-0.15, -0.1) is 0 Å². The Balaban J connectivity index is 3.05. The number of hydrogen-bond acceptors (Lipinski definition) is 5. The number of nitrogens with zero attached hydrogens (tertiary/aromatic N) is 1. The van der Waals surface area contributed by atoms with Crippen LogP contribution in [0.5, 0.6) is 0 Å². The maximum Gasteiger partial charge on any atom is 0.306 e. The fourth-order valence-corrected chi connectivity index (χ4v) is 3.36. The molecule has 0 fully saturated rings. The number of ether oxygens (including phenoxy) is 1. The van der Waals surface area contributed by atoms with Crippen molar-refractivity contribution < 1.29 is 18.9 Å². The summed E-state index contributed by atoms with van der Waals surface area (Å²) in [7, 11) is -1.95. The fourth-order valence-electron chi connectivity index (χ4n) is 2.41. The Morgan fingerprint density at radius 3 is 2.42 bits per heavy atom. The smallest absolute Gasteiger partial charge is 0.306 e. The zero-order chi connectivity index (χ0) is 20.0. The third kappa shape index (κ3) is 6.53. The second-order valence-corrected chi connectivity index (χ2v) is 12.8. The molecule has 0 aromatic heterocycles. The van der Waals surface area contributed by atoms with Crippen LogP contribution in [0.2, 0.25) is 18.1 Å². The van der Waals surface area contributed by atoms with Crippen LogP contribution in [0.25, 0.3) is 0 Å². The number of benzene rings is 1. The van der Waals surface area contributed by atoms with Gasteiger partial charge in [-0.25, -0.2) is 0 Å². The van der Waals surface area contributed by atoms with E-state index in [1.54, 1.807) is 6.92 Å². The summed E-state index contributed by atoms with van der Waals surface area (Å²) in [4.78, 5) is 22.6. The van der Waals surface area contributed by atoms with Gasteiger partial charge < -0.3 is 9.16 Å². The molecule has 0 amide bonds. The Labute approximate surface area is 157 Å². The molecule has 7 heteroatoms. The van der Waals surface area contributed by atoms with Crippen molar-refractivity contribution in [3.05, 3.63) is 45.5 Å². The van der Waals surface area contributed by atoms with E-state index >= 15 is 0 Å². The van der Waals surface area contributed by atoms with Gasteiger partial charge in [-0.1, -0.05) is 45.0 Å². The molecule has 1 aromatic rings. The highest BCUT2D eigenvalue weighted by Gasteiger charge is 2.37. The first kappa shape index (κ1) is 22.3. The first-order chi connectivity index (χ1) is 12.0. The Kier molecular flexibility index (Phi) is 7.96. The molecule has 0 bridgehead atoms. The predicted molar refractivity (Wildman–Crippen MR) is 104 cm³/mol. The van der Waals surface area contributed by atoms with Gasteiger partial charge in [0.25, 0.3) is 0 Å². The minimum Gasteiger partial charge on any atom is -0.466 e. The molecule has 1 aromatic carbocycles. The summed E-state index contributed by atoms with van der Waals surface area (Å²) in [5, 5.41) is 11.2. The Morgan fingerprint density at radius 2 is 1.88 bits per heavy atom. The van der Waals surface area contributed by atoms with E-state index in [1.807, 2.05) is 24.3 Å². The molecule has 1 unspecified atom stereocenters. The van der Waals surface area contributed by atoms with Crippen molar-refractivity contribution in [1.29, 1.82) is 0 Å². The molecule has 0 aliphatic carbocycles. The maximum atomic E-state index is 11.9. The van der Waals surface area contributed by atoms with Gasteiger partial charge in [-0.2, -0.15) is 0 Å². The van der Waals surface area contributed by atoms with Crippen LogP contribution >= 0.6 is 0 Å². The SMILES string of the molecule is CCOC(=O)CC(C[N+](=O)[O-])c1ccccc1CO[Si](C)(C)C(C)(C)C. The number of hydrogen-bond donors (Lipinski definition) is 0. The Bertz CT molecular complexity index is 625. The lowest BCUT2D eigenvalue weighted by atomic mass is 9.92. The van der Waals surface area contributed by atoms with Gasteiger partial charge in [0, 0.05) is 4.92 Å². The standard InChI is InChI=1S/C19H31NO5Si/c1-7-24-18(21)12-16(13-20(22)23)17-11-9-8-10-15(17)14-25-26(5,6)19(2,3)4/h8-11,16H,7,12-14H2,1-6H3. The van der Waals surface area contributed by atoms with Crippen molar-refractivity contribution in [3.8, 4) is 0 Å². The molecule has 0 saturated heterocycles. The summed E-state index contributed by atoms with van der Waals surface area (Å²) in [5.74, 6) is -0.942. The largest absolute Gasteiger partial charge is 0.466 e. The molecule has 26 heavy (non-hydrogen) atoms. The molecule has 0 aliphatic rings. The first-order valence-corrected chi connectivity index (χ1v) is 11.9. The molecule has 146 valence electrons. The van der Waals surface area contributed by atoms with Crippen molar-refractivity contribution in [2.45, 2.75) is 64.8 Å². The quantitative estimate of drug-likeness (QED) is 0.272. The molecule has 0 heterocycles. The van der Waals surface area contributed by atoms with Crippen LogP contribution in [0.1, 0.15) is 51.2 Å². The summed E-state index contributed by atoms with van der Waals surface area (Å²) < 4.78 is 11.3. The van der Waals surface area contributed by atoms with E-state index in [4.69, 9.17) is 9.16 Å². The predicted octanol–water partition coefficient (Wildman–Crippen LogP) is 4.52. The van der Waals surface area contributed by atoms with E-state index in [9.17, 15) is 14.9 Å². The number of rotatable bonds is 9. The Morgan fingerprint density at radius 1 is 1.27 bits per heavy atom. The topological polar surface area (TPSA) is 78.7 Å². The molecule has 0 saturated carbocycles. The van der Waals surface area contributed by atoms with Crippen LogP contribution < -0.4 is 0 Å². The zero-order valence-electron chi connectivity index (χ0n) is 16.7. The average molecular weight is 382 g/mol. The molecule has 0 spiro atoms. The third-order valence-corrected chi connectivity index (χ3v) is 9.46. The lowest BCUT2D eigenvalue weighted by Crippen LogP contribution is -2.40. The summed E-state index contributed by atoms with van der Waals surface area (Å²) in [6, 6.07) is 7.49. The normalized spacial score (nSPS) is 13.3. The van der Waals surface area contributed by atoms with Crippen molar-refractivity contribution in [2.24, 2.45) is 0 Å². The van der Waals surface area contributed by atoms with Gasteiger partial charge in [-0.3, -0.25) is 14.9 Å². The van der Waals surface area contributed by atoms with E-state index in [2.05, 4.69) is 33.9 Å². The molecule has 1 rings (SSSR count). The van der Waals surface area contributed by atoms with Gasteiger partial charge in [0.05, 0.1) is 25.6 Å². The van der Waals surface area contributed by atoms with E-state index < -0.39 is 20.2 Å². The van der Waals surface area contributed by atoms with Gasteiger partial charge in [0.1, 0.15) is 0 Å². The molecule has 0 aliphatic heterocycles. The van der Waals surface area contributed by atoms with Crippen LogP contribution in [0, 0.1) is 10.1 Å². The highest BCUT2D eigenvalue weighted by Crippen LogP contribution is 2.37. The maximum absolute atomic E-state index is 11.9. The van der Waals surface area contributed by atoms with Crippen molar-refractivity contribution in [1.82, 2.24) is 0 Å². The number of carbonyl (C=O) groups is 1. The Hall–Kier alpha value is -1.73. The van der Waals surface area contributed by atoms with Gasteiger partial charge in [0.2, 0.25) is 6.54 Å². The van der Waals surface area contributed by atoms with Crippen molar-refractivity contribution >= 4 is 14.3 Å². The summed E-state index contributed by atoms with van der Waals surface area (Å²) >= 11 is 0. The zero-order valence-corrected chi connectivity index (χ0v) is 17.7. The number of nitro groups is 1. The highest BCUT2D eigenvalue weighted by atomic mass is 28.4. The van der Waals surface area contributed by atoms with Crippen LogP contribution in [-0.4, -0.2) is 32.4 Å². The van der Waals surface area contributed by atoms with Gasteiger partial charge in [-0.05, 0) is 36.2 Å². The minimum atomic E-state index is -1.95. The van der Waals surface area contributed by atoms with Crippen LogP contribution in [0.15, 0.2) is 24.3 Å². The lowest BCUT2D eigenvalue weighted by Gasteiger charge is -2.36. The monoisotopic (exact) mass is 381 g/mol. The molecular formula is C19H31NO5Si. The van der Waals surface area contributed by atoms with Crippen LogP contribution in [0.3, 0.4) is 0 Å². The number of esters is 1. The van der Waals surface area contributed by atoms with Crippen molar-refractivity contribution in [3.63, 3.8) is 0 Å².